The maximum atomic E-state index is 6.82. The summed E-state index contributed by atoms with van der Waals surface area (Å²) in [4.78, 5) is 15.0. The van der Waals surface area contributed by atoms with E-state index in [9.17, 15) is 0 Å². The lowest BCUT2D eigenvalue weighted by Gasteiger charge is -2.10. The highest BCUT2D eigenvalue weighted by Gasteiger charge is 2.17. The van der Waals surface area contributed by atoms with E-state index in [0.717, 1.165) is 72.0 Å². The van der Waals surface area contributed by atoms with Crippen molar-refractivity contribution in [1.29, 1.82) is 0 Å². The van der Waals surface area contributed by atoms with Crippen molar-refractivity contribution < 1.29 is 4.42 Å². The van der Waals surface area contributed by atoms with Gasteiger partial charge in [0.2, 0.25) is 0 Å². The molecule has 0 bridgehead atoms. The Labute approximate surface area is 319 Å². The standard InChI is InChI=1S/C51H33N3O/c1-4-14-34(15-5-1)39-20-10-22-41(32-39)44-25-13-27-46-45-26-12-24-43(47(45)55-48(44)46)36-28-30-38(31-29-36)50-52-49(37-18-8-3-9-19-37)53-51(54-50)42-23-11-21-40(33-42)35-16-6-2-7-17-35/h1-33H. The summed E-state index contributed by atoms with van der Waals surface area (Å²) in [5, 5.41) is 2.18. The Balaban J connectivity index is 1.04. The van der Waals surface area contributed by atoms with Crippen LogP contribution in [-0.2, 0) is 0 Å². The zero-order valence-electron chi connectivity index (χ0n) is 29.8. The summed E-state index contributed by atoms with van der Waals surface area (Å²) >= 11 is 0. The lowest BCUT2D eigenvalue weighted by Crippen LogP contribution is -2.00. The predicted molar refractivity (Wildman–Crippen MR) is 225 cm³/mol. The van der Waals surface area contributed by atoms with Crippen molar-refractivity contribution in [2.45, 2.75) is 0 Å². The average Bonchev–Trinajstić information content (AvgIpc) is 3.67. The summed E-state index contributed by atoms with van der Waals surface area (Å²) < 4.78 is 6.82. The number of rotatable bonds is 7. The molecule has 0 atom stereocenters. The number of para-hydroxylation sites is 2. The Bertz CT molecular complexity index is 2950. The molecule has 0 aliphatic heterocycles. The van der Waals surface area contributed by atoms with Crippen molar-refractivity contribution >= 4 is 21.9 Å². The maximum absolute atomic E-state index is 6.82. The van der Waals surface area contributed by atoms with Crippen LogP contribution in [0.25, 0.3) is 101 Å². The van der Waals surface area contributed by atoms with Crippen LogP contribution in [0.2, 0.25) is 0 Å². The fraction of sp³-hybridized carbons (Fsp3) is 0. The molecule has 258 valence electrons. The van der Waals surface area contributed by atoms with E-state index in [-0.39, 0.29) is 0 Å². The largest absolute Gasteiger partial charge is 0.455 e. The SMILES string of the molecule is c1ccc(-c2cccc(-c3nc(-c4ccccc4)nc(-c4ccc(-c5cccc6c5oc5c(-c7cccc(-c8ccccc8)c7)cccc56)cc4)n3)c2)cc1. The molecule has 55 heavy (non-hydrogen) atoms. The van der Waals surface area contributed by atoms with Crippen LogP contribution in [0.3, 0.4) is 0 Å². The first kappa shape index (κ1) is 32.2. The van der Waals surface area contributed by atoms with Gasteiger partial charge in [0.15, 0.2) is 17.5 Å². The third-order valence-electron chi connectivity index (χ3n) is 10.2. The molecule has 0 fully saturated rings. The first-order chi connectivity index (χ1) is 27.2. The van der Waals surface area contributed by atoms with Gasteiger partial charge in [0.25, 0.3) is 0 Å². The first-order valence-corrected chi connectivity index (χ1v) is 18.4. The number of benzene rings is 8. The number of hydrogen-bond acceptors (Lipinski definition) is 4. The Kier molecular flexibility index (Phi) is 8.12. The maximum Gasteiger partial charge on any atom is 0.164 e. The second kappa shape index (κ2) is 13.8. The molecule has 8 aromatic carbocycles. The van der Waals surface area contributed by atoms with E-state index < -0.39 is 0 Å². The minimum Gasteiger partial charge on any atom is -0.455 e. The minimum absolute atomic E-state index is 0.616. The van der Waals surface area contributed by atoms with E-state index in [1.807, 2.05) is 42.5 Å². The third kappa shape index (κ3) is 6.16. The van der Waals surface area contributed by atoms with Crippen LogP contribution in [0, 0.1) is 0 Å². The Morgan fingerprint density at radius 1 is 0.255 bits per heavy atom. The molecule has 0 N–H and O–H groups in total. The molecule has 0 spiro atoms. The molecule has 0 radical (unpaired) electrons. The van der Waals surface area contributed by atoms with Crippen molar-refractivity contribution in [2.24, 2.45) is 0 Å². The van der Waals surface area contributed by atoms with Crippen LogP contribution < -0.4 is 0 Å². The molecular formula is C51H33N3O. The Morgan fingerprint density at radius 2 is 0.618 bits per heavy atom. The lowest BCUT2D eigenvalue weighted by atomic mass is 9.97. The highest BCUT2D eigenvalue weighted by atomic mass is 16.3. The van der Waals surface area contributed by atoms with Crippen molar-refractivity contribution in [3.8, 4) is 78.7 Å². The molecule has 4 nitrogen and oxygen atoms in total. The van der Waals surface area contributed by atoms with Crippen molar-refractivity contribution in [3.05, 3.63) is 200 Å². The smallest absolute Gasteiger partial charge is 0.164 e. The summed E-state index contributed by atoms with van der Waals surface area (Å²) in [7, 11) is 0. The molecule has 0 aliphatic rings. The van der Waals surface area contributed by atoms with Gasteiger partial charge in [-0.15, -0.1) is 0 Å². The summed E-state index contributed by atoms with van der Waals surface area (Å²) in [6, 6.07) is 69.2. The van der Waals surface area contributed by atoms with Gasteiger partial charge in [0.1, 0.15) is 11.2 Å². The monoisotopic (exact) mass is 703 g/mol. The summed E-state index contributed by atoms with van der Waals surface area (Å²) in [6.45, 7) is 0. The molecular weight excluding hydrogens is 671 g/mol. The van der Waals surface area contributed by atoms with Crippen LogP contribution in [0.5, 0.6) is 0 Å². The number of nitrogens with zero attached hydrogens (tertiary/aromatic N) is 3. The fourth-order valence-corrected chi connectivity index (χ4v) is 7.39. The van der Waals surface area contributed by atoms with Gasteiger partial charge in [0.05, 0.1) is 0 Å². The molecule has 0 saturated heterocycles. The molecule has 0 unspecified atom stereocenters. The van der Waals surface area contributed by atoms with Gasteiger partial charge in [0, 0.05) is 38.6 Å². The van der Waals surface area contributed by atoms with E-state index in [2.05, 4.69) is 158 Å². The fourth-order valence-electron chi connectivity index (χ4n) is 7.39. The highest BCUT2D eigenvalue weighted by molar-refractivity contribution is 6.13. The van der Waals surface area contributed by atoms with Crippen LogP contribution in [0.1, 0.15) is 0 Å². The van der Waals surface area contributed by atoms with E-state index in [1.54, 1.807) is 0 Å². The number of fused-ring (bicyclic) bond motifs is 3. The van der Waals surface area contributed by atoms with Crippen LogP contribution in [0.15, 0.2) is 205 Å². The summed E-state index contributed by atoms with van der Waals surface area (Å²) in [5.74, 6) is 1.87. The number of hydrogen-bond donors (Lipinski definition) is 0. The van der Waals surface area contributed by atoms with Gasteiger partial charge in [-0.05, 0) is 45.5 Å². The predicted octanol–water partition coefficient (Wildman–Crippen LogP) is 13.4. The lowest BCUT2D eigenvalue weighted by molar-refractivity contribution is 0.671. The van der Waals surface area contributed by atoms with Gasteiger partial charge in [-0.1, -0.05) is 188 Å². The van der Waals surface area contributed by atoms with Gasteiger partial charge < -0.3 is 4.42 Å². The van der Waals surface area contributed by atoms with Gasteiger partial charge in [-0.2, -0.15) is 0 Å². The zero-order chi connectivity index (χ0) is 36.6. The van der Waals surface area contributed by atoms with Crippen molar-refractivity contribution in [3.63, 3.8) is 0 Å². The van der Waals surface area contributed by atoms with Gasteiger partial charge >= 0.3 is 0 Å². The molecule has 0 aliphatic carbocycles. The van der Waals surface area contributed by atoms with Gasteiger partial charge in [-0.25, -0.2) is 15.0 Å². The van der Waals surface area contributed by atoms with E-state index in [4.69, 9.17) is 19.4 Å². The quantitative estimate of drug-likeness (QED) is 0.166. The van der Waals surface area contributed by atoms with E-state index in [0.29, 0.717) is 17.5 Å². The summed E-state index contributed by atoms with van der Waals surface area (Å²) in [6.07, 6.45) is 0. The normalized spacial score (nSPS) is 11.3. The third-order valence-corrected chi connectivity index (χ3v) is 10.2. The Morgan fingerprint density at radius 3 is 1.16 bits per heavy atom. The summed E-state index contributed by atoms with van der Waals surface area (Å²) in [5.41, 5.74) is 13.4. The molecule has 10 aromatic rings. The van der Waals surface area contributed by atoms with E-state index >= 15 is 0 Å². The molecule has 10 rings (SSSR count). The second-order valence-electron chi connectivity index (χ2n) is 13.6. The minimum atomic E-state index is 0.616. The Hall–Kier alpha value is -7.43. The van der Waals surface area contributed by atoms with Crippen LogP contribution >= 0.6 is 0 Å². The molecule has 0 saturated carbocycles. The molecule has 0 amide bonds. The molecule has 2 heterocycles. The average molecular weight is 704 g/mol. The highest BCUT2D eigenvalue weighted by Crippen LogP contribution is 2.41. The first-order valence-electron chi connectivity index (χ1n) is 18.4. The second-order valence-corrected chi connectivity index (χ2v) is 13.6. The van der Waals surface area contributed by atoms with Gasteiger partial charge in [-0.3, -0.25) is 0 Å². The molecule has 2 aromatic heterocycles. The van der Waals surface area contributed by atoms with Crippen LogP contribution in [0.4, 0.5) is 0 Å². The van der Waals surface area contributed by atoms with Crippen LogP contribution in [-0.4, -0.2) is 15.0 Å². The zero-order valence-corrected chi connectivity index (χ0v) is 29.8. The molecule has 4 heteroatoms. The van der Waals surface area contributed by atoms with E-state index in [1.165, 1.54) is 11.1 Å². The number of aromatic nitrogens is 3. The topological polar surface area (TPSA) is 51.8 Å². The van der Waals surface area contributed by atoms with Crippen molar-refractivity contribution in [2.75, 3.05) is 0 Å². The van der Waals surface area contributed by atoms with Crippen molar-refractivity contribution in [1.82, 2.24) is 15.0 Å². The number of furan rings is 1.